The van der Waals surface area contributed by atoms with Crippen LogP contribution in [0.1, 0.15) is 34.2 Å². The summed E-state index contributed by atoms with van der Waals surface area (Å²) in [6.45, 7) is 0.718. The van der Waals surface area contributed by atoms with E-state index in [2.05, 4.69) is 43.3 Å². The maximum absolute atomic E-state index is 11.8. The summed E-state index contributed by atoms with van der Waals surface area (Å²) >= 11 is 0. The molecule has 3 heterocycles. The number of aromatic amines is 1. The van der Waals surface area contributed by atoms with Gasteiger partial charge in [0.05, 0.1) is 29.2 Å². The summed E-state index contributed by atoms with van der Waals surface area (Å²) in [7, 11) is 0. The van der Waals surface area contributed by atoms with Gasteiger partial charge in [-0.05, 0) is 23.6 Å². The number of carbonyl (C=O) groups is 1. The molecule has 0 spiro atoms. The topological polar surface area (TPSA) is 120 Å². The predicted octanol–water partition coefficient (Wildman–Crippen LogP) is 2.21. The highest BCUT2D eigenvalue weighted by Gasteiger charge is 2.30. The molecular formula is C23H23N7O. The Morgan fingerprint density at radius 2 is 2.03 bits per heavy atom. The number of primary amides is 1. The van der Waals surface area contributed by atoms with Gasteiger partial charge in [0.15, 0.2) is 0 Å². The van der Waals surface area contributed by atoms with Crippen molar-refractivity contribution in [3.63, 3.8) is 0 Å². The van der Waals surface area contributed by atoms with Crippen LogP contribution in [0.3, 0.4) is 0 Å². The number of allylic oxidation sites excluding steroid dienone is 2. The van der Waals surface area contributed by atoms with Crippen LogP contribution in [0.5, 0.6) is 0 Å². The van der Waals surface area contributed by atoms with E-state index in [9.17, 15) is 4.79 Å². The number of H-pyrrole nitrogens is 1. The molecule has 156 valence electrons. The number of benzene rings is 2. The standard InChI is InChI=1S/C23H23N7O/c24-21(31)17-9-4-8-16-19(17)29-30-20(16)23-27-18-13-25-11-5-10-15(18)22(28-23)26-12-14-6-2-1-3-7-14/h1-9,11,13,22-23,26-28H,10,12H2,(H2,24,31)(H,29,30). The van der Waals surface area contributed by atoms with Crippen LogP contribution in [0.25, 0.3) is 10.9 Å². The number of nitrogens with two attached hydrogens (primary N) is 1. The largest absolute Gasteiger partial charge is 0.366 e. The lowest BCUT2D eigenvalue weighted by molar-refractivity contribution is 0.100. The number of aromatic nitrogens is 2. The SMILES string of the molecule is NC(=O)c1cccc2c(C3NC4=C(CC=CN=C4)C(NCc4ccccc4)N3)n[nH]c12. The minimum absolute atomic E-state index is 0.0817. The Labute approximate surface area is 179 Å². The molecule has 6 N–H and O–H groups in total. The summed E-state index contributed by atoms with van der Waals surface area (Å²) in [6.07, 6.45) is 6.11. The third kappa shape index (κ3) is 3.74. The molecule has 0 saturated heterocycles. The first-order chi connectivity index (χ1) is 15.2. The molecule has 1 amide bonds. The number of hydrogen-bond donors (Lipinski definition) is 5. The van der Waals surface area contributed by atoms with Gasteiger partial charge in [-0.1, -0.05) is 48.5 Å². The van der Waals surface area contributed by atoms with Gasteiger partial charge in [-0.3, -0.25) is 25.5 Å². The fourth-order valence-corrected chi connectivity index (χ4v) is 4.05. The van der Waals surface area contributed by atoms with E-state index in [0.717, 1.165) is 29.7 Å². The molecule has 2 atom stereocenters. The highest BCUT2D eigenvalue weighted by atomic mass is 16.1. The van der Waals surface area contributed by atoms with E-state index in [4.69, 9.17) is 5.73 Å². The van der Waals surface area contributed by atoms with Gasteiger partial charge in [-0.2, -0.15) is 5.10 Å². The molecule has 31 heavy (non-hydrogen) atoms. The summed E-state index contributed by atoms with van der Waals surface area (Å²) in [5.74, 6) is -0.486. The fourth-order valence-electron chi connectivity index (χ4n) is 4.05. The highest BCUT2D eigenvalue weighted by molar-refractivity contribution is 6.05. The van der Waals surface area contributed by atoms with Gasteiger partial charge in [0.1, 0.15) is 11.9 Å². The van der Waals surface area contributed by atoms with Crippen molar-refractivity contribution in [2.75, 3.05) is 0 Å². The smallest absolute Gasteiger partial charge is 0.250 e. The Bertz CT molecular complexity index is 1210. The molecular weight excluding hydrogens is 390 g/mol. The van der Waals surface area contributed by atoms with E-state index in [1.54, 1.807) is 6.07 Å². The quantitative estimate of drug-likeness (QED) is 0.439. The monoisotopic (exact) mass is 413 g/mol. The Balaban J connectivity index is 1.48. The lowest BCUT2D eigenvalue weighted by Crippen LogP contribution is -2.53. The Hall–Kier alpha value is -3.75. The van der Waals surface area contributed by atoms with Crippen LogP contribution in [0.4, 0.5) is 0 Å². The Kier molecular flexibility index (Phi) is 5.07. The zero-order valence-electron chi connectivity index (χ0n) is 16.8. The molecule has 1 aromatic heterocycles. The third-order valence-corrected chi connectivity index (χ3v) is 5.58. The normalized spacial score (nSPS) is 20.4. The molecule has 0 aliphatic carbocycles. The third-order valence-electron chi connectivity index (χ3n) is 5.58. The van der Waals surface area contributed by atoms with Crippen LogP contribution >= 0.6 is 0 Å². The molecule has 0 radical (unpaired) electrons. The molecule has 2 unspecified atom stereocenters. The van der Waals surface area contributed by atoms with Gasteiger partial charge < -0.3 is 11.1 Å². The van der Waals surface area contributed by atoms with Crippen molar-refractivity contribution in [3.05, 3.63) is 88.9 Å². The van der Waals surface area contributed by atoms with E-state index in [1.165, 1.54) is 11.1 Å². The first-order valence-corrected chi connectivity index (χ1v) is 10.2. The number of nitrogens with zero attached hydrogens (tertiary/aromatic N) is 2. The molecule has 8 heteroatoms. The second kappa shape index (κ2) is 8.17. The zero-order valence-corrected chi connectivity index (χ0v) is 16.8. The van der Waals surface area contributed by atoms with Crippen LogP contribution in [0, 0.1) is 0 Å². The Morgan fingerprint density at radius 1 is 1.16 bits per heavy atom. The summed E-state index contributed by atoms with van der Waals surface area (Å²) in [6, 6.07) is 15.7. The summed E-state index contributed by atoms with van der Waals surface area (Å²) in [5.41, 5.74) is 10.7. The number of aliphatic imine (C=N–C) groups is 1. The van der Waals surface area contributed by atoms with Crippen LogP contribution in [0.15, 0.2) is 77.1 Å². The summed E-state index contributed by atoms with van der Waals surface area (Å²) in [5, 5.41) is 19.1. The van der Waals surface area contributed by atoms with Crippen molar-refractivity contribution in [1.29, 1.82) is 0 Å². The second-order valence-electron chi connectivity index (χ2n) is 7.55. The van der Waals surface area contributed by atoms with Crippen LogP contribution in [-0.2, 0) is 6.54 Å². The minimum Gasteiger partial charge on any atom is -0.366 e. The minimum atomic E-state index is -0.486. The van der Waals surface area contributed by atoms with Crippen LogP contribution < -0.4 is 21.7 Å². The summed E-state index contributed by atoms with van der Waals surface area (Å²) < 4.78 is 0. The maximum atomic E-state index is 11.8. The van der Waals surface area contributed by atoms with Gasteiger partial charge in [-0.25, -0.2) is 0 Å². The number of hydrogen-bond acceptors (Lipinski definition) is 6. The van der Waals surface area contributed by atoms with E-state index < -0.39 is 5.91 Å². The lowest BCUT2D eigenvalue weighted by Gasteiger charge is -2.35. The average Bonchev–Trinajstić information content (AvgIpc) is 3.08. The number of rotatable bonds is 5. The van der Waals surface area contributed by atoms with Gasteiger partial charge >= 0.3 is 0 Å². The van der Waals surface area contributed by atoms with Crippen molar-refractivity contribution >= 4 is 23.0 Å². The fraction of sp³-hybridized carbons (Fsp3) is 0.174. The number of carbonyl (C=O) groups excluding carboxylic acids is 1. The summed E-state index contributed by atoms with van der Waals surface area (Å²) in [4.78, 5) is 16.2. The van der Waals surface area contributed by atoms with Gasteiger partial charge in [-0.15, -0.1) is 0 Å². The van der Waals surface area contributed by atoms with Crippen molar-refractivity contribution in [2.24, 2.45) is 10.7 Å². The highest BCUT2D eigenvalue weighted by Crippen LogP contribution is 2.28. The molecule has 0 saturated carbocycles. The van der Waals surface area contributed by atoms with Gasteiger partial charge in [0.25, 0.3) is 5.91 Å². The van der Waals surface area contributed by atoms with E-state index in [1.807, 2.05) is 48.8 Å². The number of nitrogens with one attached hydrogen (secondary N) is 4. The molecule has 2 aromatic carbocycles. The molecule has 3 aromatic rings. The first kappa shape index (κ1) is 19.2. The molecule has 0 fully saturated rings. The van der Waals surface area contributed by atoms with E-state index >= 15 is 0 Å². The van der Waals surface area contributed by atoms with Crippen molar-refractivity contribution < 1.29 is 4.79 Å². The average molecular weight is 413 g/mol. The zero-order chi connectivity index (χ0) is 21.2. The van der Waals surface area contributed by atoms with Crippen molar-refractivity contribution in [1.82, 2.24) is 26.1 Å². The van der Waals surface area contributed by atoms with Crippen LogP contribution in [0.2, 0.25) is 0 Å². The van der Waals surface area contributed by atoms with Crippen LogP contribution in [-0.4, -0.2) is 28.5 Å². The maximum Gasteiger partial charge on any atom is 0.250 e. The van der Waals surface area contributed by atoms with E-state index in [0.29, 0.717) is 11.1 Å². The van der Waals surface area contributed by atoms with E-state index in [-0.39, 0.29) is 12.3 Å². The number of fused-ring (bicyclic) bond motifs is 1. The second-order valence-corrected chi connectivity index (χ2v) is 7.55. The number of amides is 1. The molecule has 2 aliphatic rings. The Morgan fingerprint density at radius 3 is 2.87 bits per heavy atom. The predicted molar refractivity (Wildman–Crippen MR) is 120 cm³/mol. The molecule has 5 rings (SSSR count). The molecule has 8 nitrogen and oxygen atoms in total. The number of para-hydroxylation sites is 1. The molecule has 0 bridgehead atoms. The van der Waals surface area contributed by atoms with Gasteiger partial charge in [0.2, 0.25) is 0 Å². The lowest BCUT2D eigenvalue weighted by atomic mass is 10.0. The first-order valence-electron chi connectivity index (χ1n) is 10.2. The van der Waals surface area contributed by atoms with Crippen molar-refractivity contribution in [2.45, 2.75) is 25.3 Å². The van der Waals surface area contributed by atoms with Gasteiger partial charge in [0, 0.05) is 18.1 Å². The van der Waals surface area contributed by atoms with Crippen molar-refractivity contribution in [3.8, 4) is 0 Å². The molecule has 2 aliphatic heterocycles.